The number of methoxy groups -OCH3 is 2. The first-order valence-electron chi connectivity index (χ1n) is 10.3. The predicted molar refractivity (Wildman–Crippen MR) is 119 cm³/mol. The number of hydrogen-bond donors (Lipinski definition) is 1. The molecule has 1 heterocycles. The van der Waals surface area contributed by atoms with Crippen molar-refractivity contribution in [2.75, 3.05) is 43.7 Å². The molecule has 2 aromatic rings. The summed E-state index contributed by atoms with van der Waals surface area (Å²) >= 11 is 0. The minimum absolute atomic E-state index is 0.0540. The first kappa shape index (κ1) is 22.3. The molecule has 1 unspecified atom stereocenters. The maximum atomic E-state index is 12.9. The van der Waals surface area contributed by atoms with Crippen LogP contribution in [0.2, 0.25) is 0 Å². The number of carbonyl (C=O) groups excluding carboxylic acids is 2. The topological polar surface area (TPSA) is 80.3 Å². The lowest BCUT2D eigenvalue weighted by atomic mass is 10.2. The molecular formula is C23H29N3O5. The second-order valence-corrected chi connectivity index (χ2v) is 7.07. The van der Waals surface area contributed by atoms with Crippen LogP contribution < -0.4 is 29.3 Å². The maximum Gasteiger partial charge on any atom is 0.322 e. The van der Waals surface area contributed by atoms with Crippen LogP contribution in [0.15, 0.2) is 42.5 Å². The highest BCUT2D eigenvalue weighted by molar-refractivity contribution is 5.98. The summed E-state index contributed by atoms with van der Waals surface area (Å²) in [6.45, 7) is 5.31. The molecule has 0 saturated carbocycles. The molecule has 0 spiro atoms. The highest BCUT2D eigenvalue weighted by atomic mass is 16.5. The van der Waals surface area contributed by atoms with Gasteiger partial charge in [0.1, 0.15) is 5.75 Å². The zero-order valence-electron chi connectivity index (χ0n) is 18.4. The maximum absolute atomic E-state index is 12.9. The predicted octanol–water partition coefficient (Wildman–Crippen LogP) is 3.44. The molecule has 1 atom stereocenters. The second kappa shape index (κ2) is 10.1. The Morgan fingerprint density at radius 3 is 2.42 bits per heavy atom. The first-order chi connectivity index (χ1) is 15.0. The van der Waals surface area contributed by atoms with Crippen LogP contribution in [0.1, 0.15) is 20.3 Å². The molecule has 1 N–H and O–H groups in total. The van der Waals surface area contributed by atoms with Crippen molar-refractivity contribution in [1.82, 2.24) is 5.32 Å². The van der Waals surface area contributed by atoms with Gasteiger partial charge in [0.05, 0.1) is 26.9 Å². The monoisotopic (exact) mass is 427 g/mol. The molecule has 2 aromatic carbocycles. The number of ether oxygens (including phenoxy) is 3. The second-order valence-electron chi connectivity index (χ2n) is 7.07. The van der Waals surface area contributed by atoms with Crippen molar-refractivity contribution < 1.29 is 23.8 Å². The Balaban J connectivity index is 1.67. The summed E-state index contributed by atoms with van der Waals surface area (Å²) in [6, 6.07) is 12.2. The van der Waals surface area contributed by atoms with Crippen molar-refractivity contribution in [2.45, 2.75) is 26.3 Å². The Labute approximate surface area is 182 Å². The molecule has 1 saturated heterocycles. The quantitative estimate of drug-likeness (QED) is 0.698. The van der Waals surface area contributed by atoms with Gasteiger partial charge in [-0.1, -0.05) is 0 Å². The van der Waals surface area contributed by atoms with Gasteiger partial charge in [-0.15, -0.1) is 0 Å². The van der Waals surface area contributed by atoms with Crippen molar-refractivity contribution in [2.24, 2.45) is 0 Å². The zero-order valence-corrected chi connectivity index (χ0v) is 18.4. The van der Waals surface area contributed by atoms with Gasteiger partial charge in [0, 0.05) is 37.0 Å². The van der Waals surface area contributed by atoms with E-state index in [2.05, 4.69) is 5.32 Å². The molecular weight excluding hydrogens is 398 g/mol. The standard InChI is InChI=1S/C23H29N3O5/c1-5-25(17-7-10-19(11-8-17)31-6-2)23(28)24-16-13-22(27)26(15-16)18-9-12-20(29-3)21(14-18)30-4/h7-12,14,16H,5-6,13,15H2,1-4H3,(H,24,28). The van der Waals surface area contributed by atoms with Gasteiger partial charge in [-0.05, 0) is 50.2 Å². The van der Waals surface area contributed by atoms with Crippen molar-refractivity contribution in [3.8, 4) is 17.2 Å². The lowest BCUT2D eigenvalue weighted by molar-refractivity contribution is -0.117. The SMILES string of the molecule is CCOc1ccc(N(CC)C(=O)NC2CC(=O)N(c3ccc(OC)c(OC)c3)C2)cc1. The summed E-state index contributed by atoms with van der Waals surface area (Å²) in [5, 5.41) is 2.99. The summed E-state index contributed by atoms with van der Waals surface area (Å²) in [6.07, 6.45) is 0.237. The van der Waals surface area contributed by atoms with E-state index in [1.807, 2.05) is 44.2 Å². The van der Waals surface area contributed by atoms with E-state index in [1.54, 1.807) is 36.2 Å². The minimum atomic E-state index is -0.287. The third kappa shape index (κ3) is 5.02. The highest BCUT2D eigenvalue weighted by Crippen LogP contribution is 2.33. The van der Waals surface area contributed by atoms with Gasteiger partial charge >= 0.3 is 6.03 Å². The molecule has 0 aliphatic carbocycles. The number of anilines is 2. The summed E-state index contributed by atoms with van der Waals surface area (Å²) in [5.41, 5.74) is 1.47. The van der Waals surface area contributed by atoms with Gasteiger partial charge in [0.25, 0.3) is 0 Å². The first-order valence-corrected chi connectivity index (χ1v) is 10.3. The van der Waals surface area contributed by atoms with Crippen molar-refractivity contribution in [3.05, 3.63) is 42.5 Å². The normalized spacial score (nSPS) is 15.5. The van der Waals surface area contributed by atoms with Gasteiger partial charge in [-0.25, -0.2) is 4.79 Å². The lowest BCUT2D eigenvalue weighted by Crippen LogP contribution is -2.46. The number of amides is 3. The largest absolute Gasteiger partial charge is 0.494 e. The third-order valence-corrected chi connectivity index (χ3v) is 5.15. The average molecular weight is 428 g/mol. The summed E-state index contributed by atoms with van der Waals surface area (Å²) in [5.74, 6) is 1.85. The van der Waals surface area contributed by atoms with E-state index in [-0.39, 0.29) is 24.4 Å². The van der Waals surface area contributed by atoms with Crippen molar-refractivity contribution in [1.29, 1.82) is 0 Å². The van der Waals surface area contributed by atoms with Gasteiger partial charge < -0.3 is 24.4 Å². The Morgan fingerprint density at radius 1 is 1.10 bits per heavy atom. The minimum Gasteiger partial charge on any atom is -0.494 e. The Morgan fingerprint density at radius 2 is 1.81 bits per heavy atom. The fraction of sp³-hybridized carbons (Fsp3) is 0.391. The molecule has 1 aliphatic heterocycles. The van der Waals surface area contributed by atoms with Gasteiger partial charge in [0.15, 0.2) is 11.5 Å². The Hall–Kier alpha value is -3.42. The van der Waals surface area contributed by atoms with E-state index in [0.29, 0.717) is 36.9 Å². The van der Waals surface area contributed by atoms with Crippen LogP contribution in [0.3, 0.4) is 0 Å². The molecule has 31 heavy (non-hydrogen) atoms. The number of nitrogens with one attached hydrogen (secondary N) is 1. The number of rotatable bonds is 8. The molecule has 166 valence electrons. The molecule has 1 aliphatic rings. The van der Waals surface area contributed by atoms with Gasteiger partial charge in [0.2, 0.25) is 5.91 Å². The van der Waals surface area contributed by atoms with E-state index in [0.717, 1.165) is 11.4 Å². The number of nitrogens with zero attached hydrogens (tertiary/aromatic N) is 2. The van der Waals surface area contributed by atoms with Gasteiger partial charge in [-0.3, -0.25) is 9.69 Å². The average Bonchev–Trinajstić information content (AvgIpc) is 3.14. The zero-order chi connectivity index (χ0) is 22.4. The molecule has 8 heteroatoms. The molecule has 3 rings (SSSR count). The van der Waals surface area contributed by atoms with E-state index in [9.17, 15) is 9.59 Å². The number of hydrogen-bond acceptors (Lipinski definition) is 5. The highest BCUT2D eigenvalue weighted by Gasteiger charge is 2.33. The molecule has 1 fully saturated rings. The van der Waals surface area contributed by atoms with Crippen LogP contribution >= 0.6 is 0 Å². The smallest absolute Gasteiger partial charge is 0.322 e. The molecule has 8 nitrogen and oxygen atoms in total. The van der Waals surface area contributed by atoms with Crippen LogP contribution in [0, 0.1) is 0 Å². The molecule has 0 bridgehead atoms. The summed E-state index contributed by atoms with van der Waals surface area (Å²) in [4.78, 5) is 28.8. The number of benzene rings is 2. The van der Waals surface area contributed by atoms with Crippen LogP contribution in [0.25, 0.3) is 0 Å². The Kier molecular flexibility index (Phi) is 7.23. The molecule has 3 amide bonds. The Bertz CT molecular complexity index is 916. The number of carbonyl (C=O) groups is 2. The summed E-state index contributed by atoms with van der Waals surface area (Å²) < 4.78 is 16.1. The fourth-order valence-electron chi connectivity index (χ4n) is 3.63. The van der Waals surface area contributed by atoms with Crippen LogP contribution in [-0.2, 0) is 4.79 Å². The lowest BCUT2D eigenvalue weighted by Gasteiger charge is -2.24. The van der Waals surface area contributed by atoms with E-state index in [4.69, 9.17) is 14.2 Å². The van der Waals surface area contributed by atoms with Crippen LogP contribution in [0.4, 0.5) is 16.2 Å². The van der Waals surface area contributed by atoms with E-state index >= 15 is 0 Å². The van der Waals surface area contributed by atoms with Crippen molar-refractivity contribution >= 4 is 23.3 Å². The van der Waals surface area contributed by atoms with Crippen LogP contribution in [0.5, 0.6) is 17.2 Å². The van der Waals surface area contributed by atoms with E-state index < -0.39 is 0 Å². The third-order valence-electron chi connectivity index (χ3n) is 5.15. The van der Waals surface area contributed by atoms with E-state index in [1.165, 1.54) is 0 Å². The molecule has 0 aromatic heterocycles. The summed E-state index contributed by atoms with van der Waals surface area (Å²) in [7, 11) is 3.12. The number of urea groups is 1. The van der Waals surface area contributed by atoms with Crippen molar-refractivity contribution in [3.63, 3.8) is 0 Å². The molecule has 0 radical (unpaired) electrons. The van der Waals surface area contributed by atoms with Crippen LogP contribution in [-0.4, -0.2) is 51.9 Å². The fourth-order valence-corrected chi connectivity index (χ4v) is 3.63. The van der Waals surface area contributed by atoms with Gasteiger partial charge in [-0.2, -0.15) is 0 Å².